The van der Waals surface area contributed by atoms with Crippen LogP contribution in [0.1, 0.15) is 23.5 Å². The highest BCUT2D eigenvalue weighted by atomic mass is 35.5. The van der Waals surface area contributed by atoms with Crippen LogP contribution in [0.25, 0.3) is 0 Å². The number of benzene rings is 1. The molecule has 4 rings (SSSR count). The van der Waals surface area contributed by atoms with Gasteiger partial charge in [-0.25, -0.2) is 4.98 Å². The number of carbonyl (C=O) groups is 1. The summed E-state index contributed by atoms with van der Waals surface area (Å²) in [6.07, 6.45) is 2.35. The molecule has 6 nitrogen and oxygen atoms in total. The van der Waals surface area contributed by atoms with Crippen LogP contribution in [0.5, 0.6) is 11.9 Å². The van der Waals surface area contributed by atoms with Crippen molar-refractivity contribution in [1.29, 1.82) is 0 Å². The Balaban J connectivity index is 1.78. The first-order chi connectivity index (χ1) is 11.1. The zero-order valence-corrected chi connectivity index (χ0v) is 13.3. The van der Waals surface area contributed by atoms with E-state index in [0.717, 1.165) is 16.8 Å². The second kappa shape index (κ2) is 4.83. The number of methoxy groups -OCH3 is 2. The standard InChI is InChI=1S/C16H14ClN3O3/c1-22-13-9(7-18-15(20-13)23-2)11-6-16(11)10-5-8(17)3-4-12(10)19-14(16)21/h3-5,7,11H,6H2,1-2H3,(H,19,21). The molecule has 1 fully saturated rings. The van der Waals surface area contributed by atoms with E-state index in [1.807, 2.05) is 12.1 Å². The summed E-state index contributed by atoms with van der Waals surface area (Å²) in [7, 11) is 3.04. The van der Waals surface area contributed by atoms with Crippen molar-refractivity contribution >= 4 is 23.2 Å². The Morgan fingerprint density at radius 3 is 2.91 bits per heavy atom. The van der Waals surface area contributed by atoms with Crippen LogP contribution in [0.15, 0.2) is 24.4 Å². The number of nitrogens with one attached hydrogen (secondary N) is 1. The van der Waals surface area contributed by atoms with Crippen LogP contribution in [0.4, 0.5) is 5.69 Å². The number of hydrogen-bond acceptors (Lipinski definition) is 5. The number of hydrogen-bond donors (Lipinski definition) is 1. The first-order valence-corrected chi connectivity index (χ1v) is 7.54. The lowest BCUT2D eigenvalue weighted by Crippen LogP contribution is -2.21. The maximum atomic E-state index is 12.6. The molecule has 1 saturated carbocycles. The molecule has 1 aliphatic carbocycles. The van der Waals surface area contributed by atoms with E-state index in [2.05, 4.69) is 15.3 Å². The summed E-state index contributed by atoms with van der Waals surface area (Å²) in [5.74, 6) is 0.378. The third-order valence-corrected chi connectivity index (χ3v) is 4.82. The van der Waals surface area contributed by atoms with E-state index in [0.29, 0.717) is 17.3 Å². The second-order valence-corrected chi connectivity index (χ2v) is 6.13. The van der Waals surface area contributed by atoms with Crippen molar-refractivity contribution in [1.82, 2.24) is 9.97 Å². The average molecular weight is 332 g/mol. The maximum absolute atomic E-state index is 12.6. The largest absolute Gasteiger partial charge is 0.481 e. The number of ether oxygens (including phenoxy) is 2. The average Bonchev–Trinajstić information content (AvgIpc) is 3.25. The fraction of sp³-hybridized carbons (Fsp3) is 0.312. The number of anilines is 1. The van der Waals surface area contributed by atoms with Gasteiger partial charge < -0.3 is 14.8 Å². The molecule has 1 amide bonds. The lowest BCUT2D eigenvalue weighted by atomic mass is 9.93. The van der Waals surface area contributed by atoms with Gasteiger partial charge in [-0.2, -0.15) is 4.98 Å². The fourth-order valence-corrected chi connectivity index (χ4v) is 3.57. The van der Waals surface area contributed by atoms with Gasteiger partial charge in [0.25, 0.3) is 0 Å². The third-order valence-electron chi connectivity index (χ3n) is 4.59. The van der Waals surface area contributed by atoms with Gasteiger partial charge in [-0.3, -0.25) is 4.79 Å². The van der Waals surface area contributed by atoms with Gasteiger partial charge in [0.2, 0.25) is 11.8 Å². The molecule has 1 N–H and O–H groups in total. The molecule has 2 unspecified atom stereocenters. The third kappa shape index (κ3) is 1.91. The van der Waals surface area contributed by atoms with E-state index >= 15 is 0 Å². The highest BCUT2D eigenvalue weighted by Gasteiger charge is 2.66. The lowest BCUT2D eigenvalue weighted by Gasteiger charge is -2.11. The lowest BCUT2D eigenvalue weighted by molar-refractivity contribution is -0.118. The first kappa shape index (κ1) is 14.3. The molecule has 2 atom stereocenters. The Labute approximate surface area is 137 Å². The molecule has 2 aliphatic rings. The highest BCUT2D eigenvalue weighted by Crippen LogP contribution is 2.66. The zero-order valence-electron chi connectivity index (χ0n) is 12.6. The van der Waals surface area contributed by atoms with Crippen molar-refractivity contribution in [3.8, 4) is 11.9 Å². The summed E-state index contributed by atoms with van der Waals surface area (Å²) in [5, 5.41) is 3.55. The van der Waals surface area contributed by atoms with Crippen LogP contribution in [0, 0.1) is 0 Å². The van der Waals surface area contributed by atoms with E-state index < -0.39 is 5.41 Å². The normalized spacial score (nSPS) is 24.3. The van der Waals surface area contributed by atoms with Gasteiger partial charge in [0.15, 0.2) is 0 Å². The smallest absolute Gasteiger partial charge is 0.319 e. The number of aromatic nitrogens is 2. The number of rotatable bonds is 3. The van der Waals surface area contributed by atoms with Crippen LogP contribution in [-0.4, -0.2) is 30.1 Å². The molecular formula is C16H14ClN3O3. The summed E-state index contributed by atoms with van der Waals surface area (Å²) in [4.78, 5) is 20.9. The summed E-state index contributed by atoms with van der Waals surface area (Å²) < 4.78 is 10.4. The Morgan fingerprint density at radius 1 is 1.35 bits per heavy atom. The molecule has 2 heterocycles. The number of amides is 1. The van der Waals surface area contributed by atoms with Crippen molar-refractivity contribution in [3.05, 3.63) is 40.5 Å². The monoisotopic (exact) mass is 331 g/mol. The molecule has 1 aromatic heterocycles. The van der Waals surface area contributed by atoms with Crippen LogP contribution in [-0.2, 0) is 10.2 Å². The van der Waals surface area contributed by atoms with E-state index in [1.54, 1.807) is 19.4 Å². The highest BCUT2D eigenvalue weighted by molar-refractivity contribution is 6.31. The molecule has 118 valence electrons. The Hall–Kier alpha value is -2.34. The van der Waals surface area contributed by atoms with Crippen LogP contribution in [0.3, 0.4) is 0 Å². The van der Waals surface area contributed by atoms with E-state index in [1.165, 1.54) is 7.11 Å². The summed E-state index contributed by atoms with van der Waals surface area (Å²) in [5.41, 5.74) is 1.94. The van der Waals surface area contributed by atoms with Crippen LogP contribution >= 0.6 is 11.6 Å². The Kier molecular flexibility index (Phi) is 2.99. The minimum Gasteiger partial charge on any atom is -0.481 e. The summed E-state index contributed by atoms with van der Waals surface area (Å²) in [6, 6.07) is 5.70. The molecule has 7 heteroatoms. The second-order valence-electron chi connectivity index (χ2n) is 5.69. The SMILES string of the molecule is COc1ncc(C2CC23C(=O)Nc2ccc(Cl)cc23)c(OC)n1. The molecule has 0 radical (unpaired) electrons. The van der Waals surface area contributed by atoms with Gasteiger partial charge in [-0.15, -0.1) is 0 Å². The van der Waals surface area contributed by atoms with Crippen molar-refractivity contribution < 1.29 is 14.3 Å². The molecule has 1 aliphatic heterocycles. The van der Waals surface area contributed by atoms with Gasteiger partial charge >= 0.3 is 6.01 Å². The number of halogens is 1. The molecule has 0 bridgehead atoms. The molecule has 0 saturated heterocycles. The fourth-order valence-electron chi connectivity index (χ4n) is 3.40. The first-order valence-electron chi connectivity index (χ1n) is 7.16. The molecule has 23 heavy (non-hydrogen) atoms. The van der Waals surface area contributed by atoms with Crippen molar-refractivity contribution in [2.45, 2.75) is 17.8 Å². The van der Waals surface area contributed by atoms with Gasteiger partial charge in [-0.05, 0) is 30.2 Å². The summed E-state index contributed by atoms with van der Waals surface area (Å²) >= 11 is 6.11. The van der Waals surface area contributed by atoms with E-state index in [9.17, 15) is 4.79 Å². The summed E-state index contributed by atoms with van der Waals surface area (Å²) in [6.45, 7) is 0. The number of nitrogens with zero attached hydrogens (tertiary/aromatic N) is 2. The molecular weight excluding hydrogens is 318 g/mol. The van der Waals surface area contributed by atoms with Crippen LogP contribution < -0.4 is 14.8 Å². The number of fused-ring (bicyclic) bond motifs is 2. The van der Waals surface area contributed by atoms with Gasteiger partial charge in [-0.1, -0.05) is 11.6 Å². The van der Waals surface area contributed by atoms with Crippen molar-refractivity contribution in [2.75, 3.05) is 19.5 Å². The van der Waals surface area contributed by atoms with Gasteiger partial charge in [0.1, 0.15) is 0 Å². The Morgan fingerprint density at radius 2 is 2.17 bits per heavy atom. The van der Waals surface area contributed by atoms with Gasteiger partial charge in [0, 0.05) is 28.4 Å². The number of carbonyl (C=O) groups excluding carboxylic acids is 1. The molecule has 2 aromatic rings. The minimum absolute atomic E-state index is 0.0161. The van der Waals surface area contributed by atoms with Crippen molar-refractivity contribution in [2.24, 2.45) is 0 Å². The maximum Gasteiger partial charge on any atom is 0.319 e. The quantitative estimate of drug-likeness (QED) is 0.935. The zero-order chi connectivity index (χ0) is 16.2. The predicted molar refractivity (Wildman–Crippen MR) is 84.3 cm³/mol. The van der Waals surface area contributed by atoms with Crippen molar-refractivity contribution in [3.63, 3.8) is 0 Å². The minimum atomic E-state index is -0.606. The topological polar surface area (TPSA) is 73.3 Å². The van der Waals surface area contributed by atoms with E-state index in [4.69, 9.17) is 21.1 Å². The Bertz CT molecular complexity index is 826. The van der Waals surface area contributed by atoms with E-state index in [-0.39, 0.29) is 17.8 Å². The molecule has 1 spiro atoms. The predicted octanol–water partition coefficient (Wildman–Crippen LogP) is 2.52. The van der Waals surface area contributed by atoms with Crippen LogP contribution in [0.2, 0.25) is 5.02 Å². The molecule has 1 aromatic carbocycles. The van der Waals surface area contributed by atoms with Gasteiger partial charge in [0.05, 0.1) is 19.6 Å².